The van der Waals surface area contributed by atoms with Gasteiger partial charge in [0.1, 0.15) is 5.60 Å². The highest BCUT2D eigenvalue weighted by Crippen LogP contribution is 2.15. The third kappa shape index (κ3) is 5.49. The highest BCUT2D eigenvalue weighted by Gasteiger charge is 2.15. The smallest absolute Gasteiger partial charge is 0.407 e. The molecule has 0 aliphatic heterocycles. The molecule has 4 nitrogen and oxygen atoms in total. The van der Waals surface area contributed by atoms with Crippen LogP contribution >= 0.6 is 15.9 Å². The maximum atomic E-state index is 11.4. The fourth-order valence-corrected chi connectivity index (χ4v) is 1.79. The average molecular weight is 315 g/mol. The number of alkyl carbamates (subject to hydrolysis) is 1. The van der Waals surface area contributed by atoms with E-state index in [0.717, 1.165) is 15.9 Å². The molecule has 0 saturated heterocycles. The van der Waals surface area contributed by atoms with Gasteiger partial charge in [0, 0.05) is 23.1 Å². The van der Waals surface area contributed by atoms with Crippen molar-refractivity contribution < 1.29 is 9.53 Å². The molecule has 0 aliphatic rings. The first-order chi connectivity index (χ1) is 8.28. The van der Waals surface area contributed by atoms with Crippen LogP contribution in [0.2, 0.25) is 0 Å². The van der Waals surface area contributed by atoms with Crippen molar-refractivity contribution in [3.63, 3.8) is 0 Å². The summed E-state index contributed by atoms with van der Waals surface area (Å²) in [7, 11) is 0. The Labute approximate surface area is 116 Å². The number of nitrogens with zero attached hydrogens (tertiary/aromatic N) is 1. The van der Waals surface area contributed by atoms with Gasteiger partial charge in [-0.1, -0.05) is 0 Å². The van der Waals surface area contributed by atoms with Gasteiger partial charge in [-0.15, -0.1) is 0 Å². The van der Waals surface area contributed by atoms with E-state index >= 15 is 0 Å². The van der Waals surface area contributed by atoms with E-state index < -0.39 is 11.7 Å². The molecule has 0 saturated carbocycles. The summed E-state index contributed by atoms with van der Waals surface area (Å²) in [5.74, 6) is 0. The van der Waals surface area contributed by atoms with Crippen LogP contribution < -0.4 is 5.32 Å². The lowest BCUT2D eigenvalue weighted by Gasteiger charge is -2.19. The topological polar surface area (TPSA) is 51.2 Å². The lowest BCUT2D eigenvalue weighted by Crippen LogP contribution is -2.33. The number of aromatic nitrogens is 1. The van der Waals surface area contributed by atoms with E-state index in [0.29, 0.717) is 13.0 Å². The minimum Gasteiger partial charge on any atom is -0.444 e. The Balaban J connectivity index is 2.42. The van der Waals surface area contributed by atoms with Crippen molar-refractivity contribution in [3.8, 4) is 0 Å². The summed E-state index contributed by atoms with van der Waals surface area (Å²) in [6.07, 6.45) is 0.271. The maximum Gasteiger partial charge on any atom is 0.407 e. The van der Waals surface area contributed by atoms with Gasteiger partial charge in [-0.2, -0.15) is 0 Å². The van der Waals surface area contributed by atoms with Crippen molar-refractivity contribution in [2.75, 3.05) is 6.54 Å². The monoisotopic (exact) mass is 314 g/mol. The molecule has 1 amide bonds. The summed E-state index contributed by atoms with van der Waals surface area (Å²) in [4.78, 5) is 15.8. The highest BCUT2D eigenvalue weighted by atomic mass is 79.9. The van der Waals surface area contributed by atoms with Gasteiger partial charge in [0.05, 0.1) is 5.69 Å². The number of carbonyl (C=O) groups is 1. The zero-order valence-electron chi connectivity index (χ0n) is 11.2. The van der Waals surface area contributed by atoms with Gasteiger partial charge in [0.15, 0.2) is 0 Å². The number of pyridine rings is 1. The van der Waals surface area contributed by atoms with E-state index in [1.807, 2.05) is 39.8 Å². The Morgan fingerprint density at radius 2 is 2.11 bits per heavy atom. The quantitative estimate of drug-likeness (QED) is 0.932. The third-order valence-electron chi connectivity index (χ3n) is 2.09. The van der Waals surface area contributed by atoms with E-state index in [1.54, 1.807) is 0 Å². The van der Waals surface area contributed by atoms with Crippen molar-refractivity contribution in [3.05, 3.63) is 28.0 Å². The molecule has 0 spiro atoms. The molecule has 100 valence electrons. The van der Waals surface area contributed by atoms with E-state index in [4.69, 9.17) is 4.74 Å². The molecular formula is C13H19BrN2O2. The van der Waals surface area contributed by atoms with Crippen molar-refractivity contribution in [1.82, 2.24) is 10.3 Å². The van der Waals surface area contributed by atoms with Gasteiger partial charge in [-0.25, -0.2) is 4.79 Å². The van der Waals surface area contributed by atoms with Crippen molar-refractivity contribution >= 4 is 22.0 Å². The molecule has 1 aromatic rings. The minimum atomic E-state index is -0.466. The number of hydrogen-bond acceptors (Lipinski definition) is 3. The molecule has 5 heteroatoms. The molecule has 0 radical (unpaired) electrons. The fourth-order valence-electron chi connectivity index (χ4n) is 1.37. The molecule has 1 aromatic heterocycles. The van der Waals surface area contributed by atoms with Crippen LogP contribution in [-0.4, -0.2) is 23.2 Å². The number of ether oxygens (including phenoxy) is 1. The first-order valence-electron chi connectivity index (χ1n) is 5.87. The van der Waals surface area contributed by atoms with Gasteiger partial charge in [0.25, 0.3) is 0 Å². The van der Waals surface area contributed by atoms with Crippen LogP contribution in [-0.2, 0) is 11.2 Å². The number of amides is 1. The molecule has 1 heterocycles. The predicted molar refractivity (Wildman–Crippen MR) is 74.6 cm³/mol. The van der Waals surface area contributed by atoms with Crippen LogP contribution in [0.1, 0.15) is 32.2 Å². The van der Waals surface area contributed by atoms with Crippen LogP contribution in [0.25, 0.3) is 0 Å². The first-order valence-corrected chi connectivity index (χ1v) is 6.66. The molecule has 0 fully saturated rings. The van der Waals surface area contributed by atoms with E-state index in [1.165, 1.54) is 0 Å². The van der Waals surface area contributed by atoms with Crippen molar-refractivity contribution in [2.45, 2.75) is 39.7 Å². The van der Waals surface area contributed by atoms with Crippen LogP contribution in [0.5, 0.6) is 0 Å². The second kappa shape index (κ2) is 6.18. The third-order valence-corrected chi connectivity index (χ3v) is 2.81. The number of nitrogens with one attached hydrogen (secondary N) is 1. The molecule has 0 atom stereocenters. The Morgan fingerprint density at radius 1 is 1.44 bits per heavy atom. The van der Waals surface area contributed by atoms with Crippen LogP contribution in [0.3, 0.4) is 0 Å². The number of aryl methyl sites for hydroxylation is 1. The van der Waals surface area contributed by atoms with Crippen molar-refractivity contribution in [1.29, 1.82) is 0 Å². The minimum absolute atomic E-state index is 0.397. The van der Waals surface area contributed by atoms with Gasteiger partial charge in [-0.3, -0.25) is 4.98 Å². The molecule has 0 aromatic carbocycles. The lowest BCUT2D eigenvalue weighted by atomic mass is 10.2. The van der Waals surface area contributed by atoms with Gasteiger partial charge < -0.3 is 10.1 Å². The zero-order chi connectivity index (χ0) is 13.8. The Bertz CT molecular complexity index is 427. The average Bonchev–Trinajstić information content (AvgIpc) is 2.20. The zero-order valence-corrected chi connectivity index (χ0v) is 12.8. The van der Waals surface area contributed by atoms with Crippen LogP contribution in [0.15, 0.2) is 16.6 Å². The number of carbonyl (C=O) groups excluding carboxylic acids is 1. The largest absolute Gasteiger partial charge is 0.444 e. The summed E-state index contributed by atoms with van der Waals surface area (Å²) < 4.78 is 6.10. The highest BCUT2D eigenvalue weighted by molar-refractivity contribution is 9.10. The predicted octanol–water partition coefficient (Wildman–Crippen LogP) is 3.22. The van der Waals surface area contributed by atoms with E-state index in [9.17, 15) is 4.79 Å². The van der Waals surface area contributed by atoms with Crippen LogP contribution in [0, 0.1) is 6.92 Å². The molecule has 1 rings (SSSR count). The first kappa shape index (κ1) is 15.0. The van der Waals surface area contributed by atoms with Crippen molar-refractivity contribution in [2.24, 2.45) is 0 Å². The van der Waals surface area contributed by atoms with Gasteiger partial charge >= 0.3 is 6.09 Å². The molecule has 0 unspecified atom stereocenters. The molecule has 1 N–H and O–H groups in total. The fraction of sp³-hybridized carbons (Fsp3) is 0.538. The number of hydrogen-bond donors (Lipinski definition) is 1. The molecule has 0 bridgehead atoms. The maximum absolute atomic E-state index is 11.4. The second-order valence-electron chi connectivity index (χ2n) is 5.06. The SMILES string of the molecule is Cc1ccc(Br)c(CCNC(=O)OC(C)(C)C)n1. The molecular weight excluding hydrogens is 296 g/mol. The Hall–Kier alpha value is -1.10. The summed E-state index contributed by atoms with van der Waals surface area (Å²) in [6.45, 7) is 7.96. The van der Waals surface area contributed by atoms with E-state index in [2.05, 4.69) is 26.2 Å². The summed E-state index contributed by atoms with van der Waals surface area (Å²) in [6, 6.07) is 3.90. The summed E-state index contributed by atoms with van der Waals surface area (Å²) >= 11 is 3.44. The Kier molecular flexibility index (Phi) is 5.14. The second-order valence-corrected chi connectivity index (χ2v) is 5.91. The molecule has 0 aliphatic carbocycles. The summed E-state index contributed by atoms with van der Waals surface area (Å²) in [5, 5.41) is 2.71. The Morgan fingerprint density at radius 3 is 2.72 bits per heavy atom. The van der Waals surface area contributed by atoms with Gasteiger partial charge in [0.2, 0.25) is 0 Å². The van der Waals surface area contributed by atoms with Gasteiger partial charge in [-0.05, 0) is 55.8 Å². The summed E-state index contributed by atoms with van der Waals surface area (Å²) in [5.41, 5.74) is 1.43. The van der Waals surface area contributed by atoms with Crippen LogP contribution in [0.4, 0.5) is 4.79 Å². The van der Waals surface area contributed by atoms with E-state index in [-0.39, 0.29) is 0 Å². The number of rotatable bonds is 3. The normalized spacial score (nSPS) is 11.2. The lowest BCUT2D eigenvalue weighted by molar-refractivity contribution is 0.0528. The number of halogens is 1. The standard InChI is InChI=1S/C13H19BrN2O2/c1-9-5-6-10(14)11(16-9)7-8-15-12(17)18-13(2,3)4/h5-6H,7-8H2,1-4H3,(H,15,17). The molecule has 18 heavy (non-hydrogen) atoms.